The lowest BCUT2D eigenvalue weighted by Crippen LogP contribution is -2.29. The Morgan fingerprint density at radius 1 is 1.03 bits per heavy atom. The number of aliphatic hydroxyl groups is 1. The molecule has 1 saturated heterocycles. The van der Waals surface area contributed by atoms with E-state index in [1.165, 1.54) is 19.1 Å². The van der Waals surface area contributed by atoms with E-state index in [0.717, 1.165) is 5.56 Å². The van der Waals surface area contributed by atoms with E-state index in [1.54, 1.807) is 60.9 Å². The Hall–Kier alpha value is -4.33. The number of rotatable bonds is 8. The molecule has 1 aliphatic rings. The zero-order valence-electron chi connectivity index (χ0n) is 20.6. The van der Waals surface area contributed by atoms with E-state index in [1.807, 2.05) is 19.9 Å². The summed E-state index contributed by atoms with van der Waals surface area (Å²) in [6.07, 6.45) is 3.26. The molecule has 1 aromatic heterocycles. The summed E-state index contributed by atoms with van der Waals surface area (Å²) in [7, 11) is 3.04. The summed E-state index contributed by atoms with van der Waals surface area (Å²) in [5.74, 6) is -0.165. The predicted molar refractivity (Wildman–Crippen MR) is 134 cm³/mol. The fraction of sp³-hybridized carbons (Fsp3) is 0.250. The second-order valence-electron chi connectivity index (χ2n) is 8.59. The van der Waals surface area contributed by atoms with Crippen molar-refractivity contribution in [3.05, 3.63) is 89.3 Å². The second-order valence-corrected chi connectivity index (χ2v) is 8.59. The lowest BCUT2D eigenvalue weighted by molar-refractivity contribution is -0.140. The average Bonchev–Trinajstić information content (AvgIpc) is 3.13. The van der Waals surface area contributed by atoms with Gasteiger partial charge in [-0.25, -0.2) is 0 Å². The third-order valence-corrected chi connectivity index (χ3v) is 5.85. The summed E-state index contributed by atoms with van der Waals surface area (Å²) in [5.41, 5.74) is 1.66. The van der Waals surface area contributed by atoms with Gasteiger partial charge in [0.1, 0.15) is 23.0 Å². The molecular weight excluding hydrogens is 460 g/mol. The highest BCUT2D eigenvalue weighted by Gasteiger charge is 2.47. The van der Waals surface area contributed by atoms with E-state index in [-0.39, 0.29) is 24.0 Å². The van der Waals surface area contributed by atoms with E-state index < -0.39 is 17.7 Å². The van der Waals surface area contributed by atoms with Crippen molar-refractivity contribution >= 4 is 17.4 Å². The van der Waals surface area contributed by atoms with E-state index in [0.29, 0.717) is 28.4 Å². The van der Waals surface area contributed by atoms with Crippen LogP contribution in [0.4, 0.5) is 0 Å². The molecule has 0 radical (unpaired) electrons. The molecule has 186 valence electrons. The van der Waals surface area contributed by atoms with Crippen LogP contribution in [0.3, 0.4) is 0 Å². The molecule has 1 aliphatic heterocycles. The molecule has 8 heteroatoms. The Balaban J connectivity index is 1.86. The first-order valence-electron chi connectivity index (χ1n) is 11.5. The lowest BCUT2D eigenvalue weighted by atomic mass is 9.94. The van der Waals surface area contributed by atoms with Crippen LogP contribution in [-0.4, -0.2) is 47.0 Å². The van der Waals surface area contributed by atoms with E-state index in [9.17, 15) is 14.7 Å². The number of ketones is 1. The predicted octanol–water partition coefficient (Wildman–Crippen LogP) is 4.51. The number of carbonyl (C=O) groups excluding carboxylic acids is 2. The van der Waals surface area contributed by atoms with Crippen molar-refractivity contribution < 1.29 is 28.9 Å². The summed E-state index contributed by atoms with van der Waals surface area (Å²) in [5, 5.41) is 11.3. The molecular formula is C28H28N2O6. The molecule has 2 aromatic carbocycles. The van der Waals surface area contributed by atoms with Gasteiger partial charge in [-0.3, -0.25) is 14.6 Å². The van der Waals surface area contributed by atoms with Crippen molar-refractivity contribution in [1.82, 2.24) is 9.88 Å². The number of pyridine rings is 1. The van der Waals surface area contributed by atoms with Gasteiger partial charge in [-0.2, -0.15) is 0 Å². The van der Waals surface area contributed by atoms with Crippen LogP contribution >= 0.6 is 0 Å². The number of Topliss-reactive ketones (excluding diaryl/α,β-unsaturated/α-hetero) is 1. The SMILES string of the molecule is COc1ccc([C@H]2C(=C(O)c3ccc(OC(C)C)cc3)C(=O)C(=O)N2Cc2cccnc2)c(OC)c1. The summed E-state index contributed by atoms with van der Waals surface area (Å²) in [4.78, 5) is 32.1. The maximum atomic E-state index is 13.3. The van der Waals surface area contributed by atoms with Crippen LogP contribution in [0, 0.1) is 0 Å². The number of methoxy groups -OCH3 is 2. The Bertz CT molecular complexity index is 1290. The third kappa shape index (κ3) is 4.88. The maximum Gasteiger partial charge on any atom is 0.295 e. The fourth-order valence-electron chi connectivity index (χ4n) is 4.22. The first-order valence-corrected chi connectivity index (χ1v) is 11.5. The summed E-state index contributed by atoms with van der Waals surface area (Å²) in [6, 6.07) is 14.6. The number of aromatic nitrogens is 1. The molecule has 1 atom stereocenters. The maximum absolute atomic E-state index is 13.3. The molecule has 0 spiro atoms. The minimum absolute atomic E-state index is 0.00946. The van der Waals surface area contributed by atoms with Gasteiger partial charge < -0.3 is 24.2 Å². The molecule has 0 saturated carbocycles. The highest BCUT2D eigenvalue weighted by molar-refractivity contribution is 6.46. The van der Waals surface area contributed by atoms with E-state index in [4.69, 9.17) is 14.2 Å². The van der Waals surface area contributed by atoms with Crippen molar-refractivity contribution in [1.29, 1.82) is 0 Å². The number of nitrogens with zero attached hydrogens (tertiary/aromatic N) is 2. The summed E-state index contributed by atoms with van der Waals surface area (Å²) < 4.78 is 16.6. The highest BCUT2D eigenvalue weighted by atomic mass is 16.5. The molecule has 3 aromatic rings. The first kappa shape index (κ1) is 24.8. The van der Waals surface area contributed by atoms with Gasteiger partial charge in [0.2, 0.25) is 0 Å². The zero-order chi connectivity index (χ0) is 25.8. The molecule has 8 nitrogen and oxygen atoms in total. The zero-order valence-corrected chi connectivity index (χ0v) is 20.6. The van der Waals surface area contributed by atoms with Crippen molar-refractivity contribution in [2.24, 2.45) is 0 Å². The van der Waals surface area contributed by atoms with Crippen molar-refractivity contribution in [2.75, 3.05) is 14.2 Å². The first-order chi connectivity index (χ1) is 17.3. The van der Waals surface area contributed by atoms with Gasteiger partial charge in [-0.1, -0.05) is 6.07 Å². The molecule has 1 amide bonds. The Kier molecular flexibility index (Phi) is 7.24. The Labute approximate surface area is 209 Å². The van der Waals surface area contributed by atoms with Crippen LogP contribution in [0.2, 0.25) is 0 Å². The highest BCUT2D eigenvalue weighted by Crippen LogP contribution is 2.44. The van der Waals surface area contributed by atoms with Gasteiger partial charge in [0.15, 0.2) is 0 Å². The third-order valence-electron chi connectivity index (χ3n) is 5.85. The van der Waals surface area contributed by atoms with Gasteiger partial charge in [0.05, 0.1) is 31.9 Å². The van der Waals surface area contributed by atoms with Gasteiger partial charge in [0.25, 0.3) is 11.7 Å². The largest absolute Gasteiger partial charge is 0.507 e. The van der Waals surface area contributed by atoms with Crippen molar-refractivity contribution in [2.45, 2.75) is 32.5 Å². The summed E-state index contributed by atoms with van der Waals surface area (Å²) in [6.45, 7) is 3.95. The minimum Gasteiger partial charge on any atom is -0.507 e. The number of ether oxygens (including phenoxy) is 3. The molecule has 0 bridgehead atoms. The van der Waals surface area contributed by atoms with Crippen molar-refractivity contribution in [3.8, 4) is 17.2 Å². The molecule has 0 unspecified atom stereocenters. The lowest BCUT2D eigenvalue weighted by Gasteiger charge is -2.27. The van der Waals surface area contributed by atoms with Crippen LogP contribution in [-0.2, 0) is 16.1 Å². The number of amides is 1. The minimum atomic E-state index is -0.891. The quantitative estimate of drug-likeness (QED) is 0.283. The molecule has 0 aliphatic carbocycles. The summed E-state index contributed by atoms with van der Waals surface area (Å²) >= 11 is 0. The Morgan fingerprint density at radius 2 is 1.75 bits per heavy atom. The molecule has 2 heterocycles. The number of hydrogen-bond acceptors (Lipinski definition) is 7. The fourth-order valence-corrected chi connectivity index (χ4v) is 4.22. The van der Waals surface area contributed by atoms with Crippen LogP contribution < -0.4 is 14.2 Å². The van der Waals surface area contributed by atoms with Gasteiger partial charge in [0, 0.05) is 36.1 Å². The molecule has 36 heavy (non-hydrogen) atoms. The second kappa shape index (κ2) is 10.5. The van der Waals surface area contributed by atoms with Crippen LogP contribution in [0.25, 0.3) is 5.76 Å². The van der Waals surface area contributed by atoms with Crippen LogP contribution in [0.5, 0.6) is 17.2 Å². The standard InChI is InChI=1S/C28H28N2O6/c1-17(2)36-20-9-7-19(8-10-20)26(31)24-25(22-12-11-21(34-3)14-23(22)35-4)30(28(33)27(24)32)16-18-6-5-13-29-15-18/h5-15,17,25,31H,16H2,1-4H3/t25-/m0/s1. The Morgan fingerprint density at radius 3 is 2.36 bits per heavy atom. The number of carbonyl (C=O) groups is 2. The topological polar surface area (TPSA) is 98.2 Å². The van der Waals surface area contributed by atoms with Crippen molar-refractivity contribution in [3.63, 3.8) is 0 Å². The monoisotopic (exact) mass is 488 g/mol. The van der Waals surface area contributed by atoms with Crippen LogP contribution in [0.15, 0.2) is 72.6 Å². The van der Waals surface area contributed by atoms with Gasteiger partial charge in [-0.15, -0.1) is 0 Å². The molecule has 1 fully saturated rings. The van der Waals surface area contributed by atoms with Crippen LogP contribution in [0.1, 0.15) is 36.6 Å². The smallest absolute Gasteiger partial charge is 0.295 e. The molecule has 1 N–H and O–H groups in total. The number of benzene rings is 2. The van der Waals surface area contributed by atoms with Gasteiger partial charge in [-0.05, 0) is 61.9 Å². The normalized spacial score (nSPS) is 16.9. The van der Waals surface area contributed by atoms with Gasteiger partial charge >= 0.3 is 0 Å². The molecule has 4 rings (SSSR count). The number of likely N-dealkylation sites (tertiary alicyclic amines) is 1. The van der Waals surface area contributed by atoms with E-state index >= 15 is 0 Å². The number of aliphatic hydroxyl groups excluding tert-OH is 1. The van der Waals surface area contributed by atoms with E-state index in [2.05, 4.69) is 4.98 Å². The average molecular weight is 489 g/mol. The number of hydrogen-bond donors (Lipinski definition) is 1.